The molecule has 2 N–H and O–H groups in total. The molecule has 286 valence electrons. The summed E-state index contributed by atoms with van der Waals surface area (Å²) in [6, 6.07) is 5.97. The number of hydrogen-bond donors (Lipinski definition) is 2. The number of nitrogens with zero attached hydrogens (tertiary/aromatic N) is 7. The second-order valence-electron chi connectivity index (χ2n) is 15.6. The standard InChI is InChI=1S/C39H54FN9O4/c1-25(2)49-34(15-17-42-49)47(24-50)36(29-10-6-26(3)7-11-29)38(52)43-32-13-12-30(22-31(32)40)27(4)35(39(53)46-20-18-45(5)19-21-46)44-37(51)33-14-16-41-48(33)23-28-8-9-28/h12-17,22,24-29,35-36H,6-11,18-21,23H2,1-5H3,(H,43,52)(H,44,51)/t26?,27-,29?,35+,36-/m0/s1. The molecule has 0 spiro atoms. The number of hydrogen-bond acceptors (Lipinski definition) is 7. The third kappa shape index (κ3) is 8.80. The number of nitrogens with one attached hydrogen (secondary N) is 2. The molecule has 3 atom stereocenters. The average molecular weight is 732 g/mol. The average Bonchev–Trinajstić information content (AvgIpc) is 3.60. The van der Waals surface area contributed by atoms with Gasteiger partial charge in [-0.1, -0.05) is 32.8 Å². The molecule has 0 bridgehead atoms. The molecule has 13 nitrogen and oxygen atoms in total. The van der Waals surface area contributed by atoms with Gasteiger partial charge in [-0.2, -0.15) is 10.2 Å². The summed E-state index contributed by atoms with van der Waals surface area (Å²) in [4.78, 5) is 60.0. The Morgan fingerprint density at radius 3 is 2.30 bits per heavy atom. The van der Waals surface area contributed by atoms with Gasteiger partial charge in [-0.15, -0.1) is 0 Å². The number of carbonyl (C=O) groups is 4. The van der Waals surface area contributed by atoms with E-state index in [1.165, 1.54) is 17.0 Å². The summed E-state index contributed by atoms with van der Waals surface area (Å²) in [6.07, 6.45) is 9.45. The van der Waals surface area contributed by atoms with Gasteiger partial charge in [0.15, 0.2) is 0 Å². The maximum absolute atomic E-state index is 16.1. The summed E-state index contributed by atoms with van der Waals surface area (Å²) in [7, 11) is 2.00. The quantitative estimate of drug-likeness (QED) is 0.230. The third-order valence-corrected chi connectivity index (χ3v) is 11.3. The molecular formula is C39H54FN9O4. The first-order chi connectivity index (χ1) is 25.4. The van der Waals surface area contributed by atoms with Crippen LogP contribution in [0.1, 0.15) is 94.2 Å². The number of halogens is 1. The van der Waals surface area contributed by atoms with Gasteiger partial charge in [-0.05, 0) is 88.1 Å². The summed E-state index contributed by atoms with van der Waals surface area (Å²) < 4.78 is 19.5. The molecule has 2 aromatic heterocycles. The van der Waals surface area contributed by atoms with Gasteiger partial charge in [-0.3, -0.25) is 28.8 Å². The molecule has 2 aliphatic carbocycles. The van der Waals surface area contributed by atoms with E-state index in [-0.39, 0.29) is 23.6 Å². The lowest BCUT2D eigenvalue weighted by Gasteiger charge is -2.37. The number of likely N-dealkylation sites (N-methyl/N-ethyl adjacent to an activating group) is 1. The Balaban J connectivity index is 1.24. The van der Waals surface area contributed by atoms with Gasteiger partial charge in [0, 0.05) is 56.9 Å². The first kappa shape index (κ1) is 38.1. The third-order valence-electron chi connectivity index (χ3n) is 11.3. The lowest BCUT2D eigenvalue weighted by atomic mass is 9.78. The van der Waals surface area contributed by atoms with Crippen molar-refractivity contribution in [3.8, 4) is 0 Å². The fourth-order valence-electron chi connectivity index (χ4n) is 7.71. The van der Waals surface area contributed by atoms with Crippen LogP contribution < -0.4 is 15.5 Å². The highest BCUT2D eigenvalue weighted by atomic mass is 19.1. The van der Waals surface area contributed by atoms with Crippen LogP contribution in [0.3, 0.4) is 0 Å². The van der Waals surface area contributed by atoms with E-state index in [1.54, 1.807) is 51.8 Å². The van der Waals surface area contributed by atoms with E-state index >= 15 is 4.39 Å². The zero-order valence-corrected chi connectivity index (χ0v) is 31.6. The van der Waals surface area contributed by atoms with Crippen molar-refractivity contribution in [3.05, 3.63) is 59.8 Å². The Labute approximate surface area is 311 Å². The summed E-state index contributed by atoms with van der Waals surface area (Å²) >= 11 is 0. The van der Waals surface area contributed by atoms with E-state index in [0.29, 0.717) is 68.0 Å². The van der Waals surface area contributed by atoms with Gasteiger partial charge >= 0.3 is 0 Å². The van der Waals surface area contributed by atoms with Crippen LogP contribution in [0.15, 0.2) is 42.7 Å². The maximum Gasteiger partial charge on any atom is 0.270 e. The lowest BCUT2D eigenvalue weighted by molar-refractivity contribution is -0.135. The predicted octanol–water partition coefficient (Wildman–Crippen LogP) is 4.68. The van der Waals surface area contributed by atoms with E-state index in [9.17, 15) is 19.2 Å². The molecule has 3 aromatic rings. The molecule has 0 unspecified atom stereocenters. The highest BCUT2D eigenvalue weighted by Gasteiger charge is 2.38. The molecule has 6 rings (SSSR count). The van der Waals surface area contributed by atoms with Gasteiger partial charge in [0.25, 0.3) is 5.91 Å². The SMILES string of the molecule is CC1CCC([C@@H](C(=O)Nc2ccc([C@H](C)[C@@H](NC(=O)c3ccnn3CC3CC3)C(=O)N3CCN(C)CC3)cc2F)N(C=O)c2ccnn2C(C)C)CC1. The molecule has 53 heavy (non-hydrogen) atoms. The molecule has 1 aromatic carbocycles. The number of anilines is 2. The van der Waals surface area contributed by atoms with Crippen molar-refractivity contribution >= 4 is 35.6 Å². The minimum atomic E-state index is -0.972. The normalized spacial score (nSPS) is 21.2. The number of carbonyl (C=O) groups excluding carboxylic acids is 4. The van der Waals surface area contributed by atoms with Crippen molar-refractivity contribution in [2.75, 3.05) is 43.4 Å². The van der Waals surface area contributed by atoms with Crippen LogP contribution in [0.5, 0.6) is 0 Å². The fraction of sp³-hybridized carbons (Fsp3) is 0.590. The van der Waals surface area contributed by atoms with Crippen molar-refractivity contribution in [2.24, 2.45) is 17.8 Å². The first-order valence-corrected chi connectivity index (χ1v) is 19.1. The smallest absolute Gasteiger partial charge is 0.270 e. The molecule has 2 saturated carbocycles. The molecule has 4 amide bonds. The number of rotatable bonds is 14. The first-order valence-electron chi connectivity index (χ1n) is 19.1. The minimum Gasteiger partial charge on any atom is -0.338 e. The van der Waals surface area contributed by atoms with Crippen molar-refractivity contribution in [3.63, 3.8) is 0 Å². The largest absolute Gasteiger partial charge is 0.338 e. The van der Waals surface area contributed by atoms with Crippen molar-refractivity contribution < 1.29 is 23.6 Å². The van der Waals surface area contributed by atoms with Gasteiger partial charge in [-0.25, -0.2) is 9.07 Å². The molecule has 3 aliphatic rings. The Bertz CT molecular complexity index is 1750. The molecule has 1 aliphatic heterocycles. The Morgan fingerprint density at radius 1 is 0.962 bits per heavy atom. The van der Waals surface area contributed by atoms with Crippen LogP contribution in [-0.4, -0.2) is 98.8 Å². The van der Waals surface area contributed by atoms with E-state index < -0.39 is 35.6 Å². The summed E-state index contributed by atoms with van der Waals surface area (Å²) in [5, 5.41) is 14.5. The van der Waals surface area contributed by atoms with Crippen molar-refractivity contribution in [2.45, 2.75) is 96.8 Å². The number of amides is 4. The number of benzene rings is 1. The maximum atomic E-state index is 16.1. The monoisotopic (exact) mass is 731 g/mol. The van der Waals surface area contributed by atoms with E-state index in [1.807, 2.05) is 20.9 Å². The van der Waals surface area contributed by atoms with Crippen LogP contribution >= 0.6 is 0 Å². The Kier molecular flexibility index (Phi) is 12.0. The molecular weight excluding hydrogens is 677 g/mol. The lowest BCUT2D eigenvalue weighted by Crippen LogP contribution is -2.55. The van der Waals surface area contributed by atoms with Crippen LogP contribution in [0.4, 0.5) is 15.9 Å². The summed E-state index contributed by atoms with van der Waals surface area (Å²) in [5.41, 5.74) is 0.846. The van der Waals surface area contributed by atoms with Crippen LogP contribution in [0.2, 0.25) is 0 Å². The Hall–Kier alpha value is -4.59. The summed E-state index contributed by atoms with van der Waals surface area (Å²) in [6.45, 7) is 11.0. The van der Waals surface area contributed by atoms with Gasteiger partial charge < -0.3 is 20.4 Å². The van der Waals surface area contributed by atoms with Gasteiger partial charge in [0.1, 0.15) is 29.4 Å². The highest BCUT2D eigenvalue weighted by Crippen LogP contribution is 2.35. The van der Waals surface area contributed by atoms with Crippen molar-refractivity contribution in [1.82, 2.24) is 34.7 Å². The number of aromatic nitrogens is 4. The van der Waals surface area contributed by atoms with E-state index in [2.05, 4.69) is 32.7 Å². The van der Waals surface area contributed by atoms with E-state index in [0.717, 1.165) is 38.5 Å². The van der Waals surface area contributed by atoms with Crippen LogP contribution in [-0.2, 0) is 20.9 Å². The second-order valence-corrected chi connectivity index (χ2v) is 15.6. The molecule has 1 saturated heterocycles. The molecule has 3 heterocycles. The predicted molar refractivity (Wildman–Crippen MR) is 200 cm³/mol. The fourth-order valence-corrected chi connectivity index (χ4v) is 7.71. The van der Waals surface area contributed by atoms with Gasteiger partial charge in [0.2, 0.25) is 18.2 Å². The van der Waals surface area contributed by atoms with E-state index in [4.69, 9.17) is 0 Å². The molecule has 3 fully saturated rings. The number of piperazine rings is 1. The topological polar surface area (TPSA) is 138 Å². The minimum absolute atomic E-state index is 0.0294. The Morgan fingerprint density at radius 2 is 1.66 bits per heavy atom. The molecule has 14 heteroatoms. The second kappa shape index (κ2) is 16.6. The van der Waals surface area contributed by atoms with Crippen molar-refractivity contribution in [1.29, 1.82) is 0 Å². The van der Waals surface area contributed by atoms with Crippen LogP contribution in [0.25, 0.3) is 0 Å². The highest BCUT2D eigenvalue weighted by molar-refractivity contribution is 6.00. The van der Waals surface area contributed by atoms with Gasteiger partial charge in [0.05, 0.1) is 11.9 Å². The summed E-state index contributed by atoms with van der Waals surface area (Å²) in [5.74, 6) is -1.01. The molecule has 0 radical (unpaired) electrons. The zero-order valence-electron chi connectivity index (χ0n) is 31.6. The zero-order chi connectivity index (χ0) is 37.8. The van der Waals surface area contributed by atoms with Crippen LogP contribution in [0, 0.1) is 23.6 Å².